The standard InChI is InChI=1S/C21H21Cl2N5OS/c1-2-28-20(7-5-11-29-18-9-8-15(22)12-17(18)23)25-26-21(28)30-14-16-13-27-10-4-3-6-19(27)24-16/h3-4,6,8-10,12-13H,2,5,7,11,14H2,1H3. The number of thioether (sulfide) groups is 1. The summed E-state index contributed by atoms with van der Waals surface area (Å²) in [5, 5.41) is 10.8. The molecule has 30 heavy (non-hydrogen) atoms. The molecule has 0 amide bonds. The van der Waals surface area contributed by atoms with Crippen molar-refractivity contribution < 1.29 is 4.74 Å². The highest BCUT2D eigenvalue weighted by Gasteiger charge is 2.12. The van der Waals surface area contributed by atoms with Crippen LogP contribution in [-0.2, 0) is 18.7 Å². The van der Waals surface area contributed by atoms with Crippen molar-refractivity contribution in [1.29, 1.82) is 0 Å². The molecular formula is C21H21Cl2N5OS. The Kier molecular flexibility index (Phi) is 6.82. The smallest absolute Gasteiger partial charge is 0.191 e. The number of fused-ring (bicyclic) bond motifs is 1. The van der Waals surface area contributed by atoms with Crippen LogP contribution in [-0.4, -0.2) is 30.8 Å². The van der Waals surface area contributed by atoms with Gasteiger partial charge in [0, 0.05) is 36.1 Å². The maximum Gasteiger partial charge on any atom is 0.191 e. The molecule has 0 aliphatic heterocycles. The minimum Gasteiger partial charge on any atom is -0.492 e. The normalized spacial score (nSPS) is 11.3. The van der Waals surface area contributed by atoms with Crippen LogP contribution in [0.2, 0.25) is 10.0 Å². The third-order valence-electron chi connectivity index (χ3n) is 4.57. The number of hydrogen-bond donors (Lipinski definition) is 0. The molecule has 0 spiro atoms. The largest absolute Gasteiger partial charge is 0.492 e. The molecule has 6 nitrogen and oxygen atoms in total. The van der Waals surface area contributed by atoms with Gasteiger partial charge in [0.05, 0.1) is 17.3 Å². The summed E-state index contributed by atoms with van der Waals surface area (Å²) in [5.41, 5.74) is 1.97. The van der Waals surface area contributed by atoms with Crippen molar-refractivity contribution in [2.45, 2.75) is 37.2 Å². The number of rotatable bonds is 9. The van der Waals surface area contributed by atoms with Gasteiger partial charge in [0.25, 0.3) is 0 Å². The summed E-state index contributed by atoms with van der Waals surface area (Å²) in [5.74, 6) is 2.35. The SMILES string of the molecule is CCn1c(CCCOc2ccc(Cl)cc2Cl)nnc1SCc1cn2ccccc2n1. The Morgan fingerprint density at radius 2 is 2.03 bits per heavy atom. The Bertz CT molecular complexity index is 1110. The maximum absolute atomic E-state index is 6.14. The molecule has 0 saturated carbocycles. The van der Waals surface area contributed by atoms with Crippen molar-refractivity contribution in [2.75, 3.05) is 6.61 Å². The summed E-state index contributed by atoms with van der Waals surface area (Å²) in [7, 11) is 0. The molecule has 0 fully saturated rings. The topological polar surface area (TPSA) is 57.2 Å². The second-order valence-electron chi connectivity index (χ2n) is 6.66. The van der Waals surface area contributed by atoms with E-state index in [9.17, 15) is 0 Å². The van der Waals surface area contributed by atoms with Gasteiger partial charge in [-0.3, -0.25) is 0 Å². The molecule has 4 aromatic rings. The molecule has 0 radical (unpaired) electrons. The van der Waals surface area contributed by atoms with E-state index in [1.165, 1.54) is 0 Å². The lowest BCUT2D eigenvalue weighted by Gasteiger charge is -2.09. The van der Waals surface area contributed by atoms with E-state index in [1.54, 1.807) is 30.0 Å². The molecule has 0 unspecified atom stereocenters. The van der Waals surface area contributed by atoms with Gasteiger partial charge in [-0.1, -0.05) is 41.0 Å². The highest BCUT2D eigenvalue weighted by atomic mass is 35.5. The average molecular weight is 462 g/mol. The van der Waals surface area contributed by atoms with Crippen LogP contribution >= 0.6 is 35.0 Å². The van der Waals surface area contributed by atoms with E-state index in [1.807, 2.05) is 28.8 Å². The predicted molar refractivity (Wildman–Crippen MR) is 121 cm³/mol. The summed E-state index contributed by atoms with van der Waals surface area (Å²) in [6.07, 6.45) is 5.65. The number of halogens is 2. The van der Waals surface area contributed by atoms with Gasteiger partial charge in [0.1, 0.15) is 17.2 Å². The van der Waals surface area contributed by atoms with E-state index in [2.05, 4.69) is 32.9 Å². The second kappa shape index (κ2) is 9.73. The molecule has 3 aromatic heterocycles. The van der Waals surface area contributed by atoms with Crippen molar-refractivity contribution in [2.24, 2.45) is 0 Å². The zero-order chi connectivity index (χ0) is 20.9. The molecule has 0 N–H and O–H groups in total. The Balaban J connectivity index is 1.32. The van der Waals surface area contributed by atoms with Gasteiger partial charge in [-0.15, -0.1) is 10.2 Å². The molecule has 3 heterocycles. The van der Waals surface area contributed by atoms with Crippen LogP contribution in [0.5, 0.6) is 5.75 Å². The van der Waals surface area contributed by atoms with Crippen LogP contribution in [0.1, 0.15) is 24.9 Å². The van der Waals surface area contributed by atoms with E-state index in [4.69, 9.17) is 27.9 Å². The monoisotopic (exact) mass is 461 g/mol. The zero-order valence-corrected chi connectivity index (χ0v) is 18.8. The molecule has 0 aliphatic carbocycles. The summed E-state index contributed by atoms with van der Waals surface area (Å²) in [6.45, 7) is 3.47. The first-order valence-electron chi connectivity index (χ1n) is 9.69. The fraction of sp³-hybridized carbons (Fsp3) is 0.286. The van der Waals surface area contributed by atoms with Gasteiger partial charge in [0.2, 0.25) is 0 Å². The van der Waals surface area contributed by atoms with Crippen molar-refractivity contribution in [1.82, 2.24) is 24.1 Å². The summed E-state index contributed by atoms with van der Waals surface area (Å²) in [6, 6.07) is 11.2. The summed E-state index contributed by atoms with van der Waals surface area (Å²) < 4.78 is 9.94. The number of imidazole rings is 1. The van der Waals surface area contributed by atoms with Crippen LogP contribution in [0, 0.1) is 0 Å². The van der Waals surface area contributed by atoms with E-state index in [-0.39, 0.29) is 0 Å². The fourth-order valence-corrected chi connectivity index (χ4v) is 4.50. The quantitative estimate of drug-likeness (QED) is 0.241. The average Bonchev–Trinajstić information content (AvgIpc) is 3.33. The number of ether oxygens (including phenoxy) is 1. The maximum atomic E-state index is 6.14. The molecule has 1 aromatic carbocycles. The number of aryl methyl sites for hydroxylation is 1. The molecule has 0 saturated heterocycles. The molecule has 9 heteroatoms. The lowest BCUT2D eigenvalue weighted by atomic mass is 10.3. The zero-order valence-electron chi connectivity index (χ0n) is 16.5. The Hall–Kier alpha value is -2.22. The van der Waals surface area contributed by atoms with Crippen LogP contribution in [0.3, 0.4) is 0 Å². The first-order chi connectivity index (χ1) is 14.6. The fourth-order valence-electron chi connectivity index (χ4n) is 3.13. The van der Waals surface area contributed by atoms with Gasteiger partial charge in [-0.2, -0.15) is 0 Å². The van der Waals surface area contributed by atoms with Gasteiger partial charge in [-0.05, 0) is 43.7 Å². The van der Waals surface area contributed by atoms with Crippen molar-refractivity contribution in [3.8, 4) is 5.75 Å². The Morgan fingerprint density at radius 3 is 2.83 bits per heavy atom. The lowest BCUT2D eigenvalue weighted by Crippen LogP contribution is -2.06. The van der Waals surface area contributed by atoms with E-state index in [0.29, 0.717) is 22.4 Å². The number of benzene rings is 1. The minimum atomic E-state index is 0.518. The minimum absolute atomic E-state index is 0.518. The van der Waals surface area contributed by atoms with Crippen LogP contribution in [0.15, 0.2) is 53.9 Å². The second-order valence-corrected chi connectivity index (χ2v) is 8.44. The van der Waals surface area contributed by atoms with E-state index >= 15 is 0 Å². The number of hydrogen-bond acceptors (Lipinski definition) is 5. The third-order valence-corrected chi connectivity index (χ3v) is 6.10. The molecular weight excluding hydrogens is 441 g/mol. The van der Waals surface area contributed by atoms with Gasteiger partial charge >= 0.3 is 0 Å². The van der Waals surface area contributed by atoms with Crippen LogP contribution in [0.25, 0.3) is 5.65 Å². The molecule has 0 aliphatic rings. The molecule has 0 atom stereocenters. The number of nitrogens with zero attached hydrogens (tertiary/aromatic N) is 5. The number of pyridine rings is 1. The first kappa shape index (κ1) is 21.0. The molecule has 4 rings (SSSR count). The van der Waals surface area contributed by atoms with Crippen LogP contribution < -0.4 is 4.74 Å². The van der Waals surface area contributed by atoms with E-state index in [0.717, 1.165) is 47.5 Å². The Labute approximate surface area is 189 Å². The van der Waals surface area contributed by atoms with Crippen molar-refractivity contribution >= 4 is 40.6 Å². The number of aromatic nitrogens is 5. The van der Waals surface area contributed by atoms with Gasteiger partial charge < -0.3 is 13.7 Å². The van der Waals surface area contributed by atoms with Crippen molar-refractivity contribution in [3.05, 3.63) is 70.4 Å². The van der Waals surface area contributed by atoms with Crippen LogP contribution in [0.4, 0.5) is 0 Å². The van der Waals surface area contributed by atoms with Gasteiger partial charge in [0.15, 0.2) is 5.16 Å². The van der Waals surface area contributed by atoms with Crippen molar-refractivity contribution in [3.63, 3.8) is 0 Å². The highest BCUT2D eigenvalue weighted by molar-refractivity contribution is 7.98. The summed E-state index contributed by atoms with van der Waals surface area (Å²) >= 11 is 13.7. The van der Waals surface area contributed by atoms with E-state index < -0.39 is 0 Å². The highest BCUT2D eigenvalue weighted by Crippen LogP contribution is 2.28. The molecule has 0 bridgehead atoms. The third kappa shape index (κ3) is 4.91. The Morgan fingerprint density at radius 1 is 1.13 bits per heavy atom. The first-order valence-corrected chi connectivity index (χ1v) is 11.4. The molecule has 156 valence electrons. The van der Waals surface area contributed by atoms with Gasteiger partial charge in [-0.25, -0.2) is 4.98 Å². The predicted octanol–water partition coefficient (Wildman–Crippen LogP) is 5.56. The summed E-state index contributed by atoms with van der Waals surface area (Å²) in [4.78, 5) is 4.64. The lowest BCUT2D eigenvalue weighted by molar-refractivity contribution is 0.309.